The average molecular weight is 353 g/mol. The highest BCUT2D eigenvalue weighted by molar-refractivity contribution is 6.36. The van der Waals surface area contributed by atoms with Gasteiger partial charge in [0.05, 0.1) is 17.1 Å². The molecule has 1 amide bonds. The van der Waals surface area contributed by atoms with Crippen molar-refractivity contribution in [2.75, 3.05) is 18.9 Å². The Hall–Kier alpha value is -1.62. The van der Waals surface area contributed by atoms with Gasteiger partial charge in [-0.2, -0.15) is 0 Å². The number of rotatable bonds is 6. The lowest BCUT2D eigenvalue weighted by atomic mass is 10.1. The van der Waals surface area contributed by atoms with E-state index in [0.717, 1.165) is 17.9 Å². The maximum atomic E-state index is 12.1. The molecule has 1 atom stereocenters. The van der Waals surface area contributed by atoms with Gasteiger partial charge in [-0.05, 0) is 18.1 Å². The normalized spacial score (nSPS) is 12.0. The van der Waals surface area contributed by atoms with Gasteiger partial charge in [-0.3, -0.25) is 4.79 Å². The molecule has 1 aromatic heterocycles. The molecule has 0 radical (unpaired) electrons. The van der Waals surface area contributed by atoms with Gasteiger partial charge in [0.15, 0.2) is 12.4 Å². The van der Waals surface area contributed by atoms with E-state index in [4.69, 9.17) is 23.2 Å². The minimum Gasteiger partial charge on any atom is -0.326 e. The van der Waals surface area contributed by atoms with Gasteiger partial charge in [0.25, 0.3) is 5.91 Å². The van der Waals surface area contributed by atoms with Crippen molar-refractivity contribution in [2.45, 2.75) is 19.9 Å². The first-order valence-corrected chi connectivity index (χ1v) is 8.23. The van der Waals surface area contributed by atoms with Crippen LogP contribution < -0.4 is 10.2 Å². The van der Waals surface area contributed by atoms with Crippen LogP contribution in [0.2, 0.25) is 10.0 Å². The highest BCUT2D eigenvalue weighted by Gasteiger charge is 2.13. The molecule has 0 aliphatic carbocycles. The summed E-state index contributed by atoms with van der Waals surface area (Å²) in [6.07, 6.45) is 2.48. The summed E-state index contributed by atoms with van der Waals surface area (Å²) in [6, 6.07) is 10.0. The molecule has 0 saturated carbocycles. The monoisotopic (exact) mass is 352 g/mol. The molecule has 0 spiro atoms. The predicted molar refractivity (Wildman–Crippen MR) is 94.2 cm³/mol. The van der Waals surface area contributed by atoms with Gasteiger partial charge in [0.1, 0.15) is 6.54 Å². The topological polar surface area (TPSA) is 46.4 Å². The summed E-state index contributed by atoms with van der Waals surface area (Å²) in [5, 5.41) is 3.48. The molecule has 2 rings (SSSR count). The zero-order valence-electron chi connectivity index (χ0n) is 13.2. The van der Waals surface area contributed by atoms with E-state index in [0.29, 0.717) is 22.4 Å². The smallest absolute Gasteiger partial charge is 0.280 e. The number of aryl methyl sites for hydroxylation is 1. The van der Waals surface area contributed by atoms with Crippen molar-refractivity contribution in [1.82, 2.24) is 4.98 Å². The van der Waals surface area contributed by atoms with Crippen molar-refractivity contribution < 1.29 is 9.69 Å². The molecule has 2 N–H and O–H groups in total. The fourth-order valence-electron chi connectivity index (χ4n) is 2.26. The number of anilines is 1. The lowest BCUT2D eigenvalue weighted by molar-refractivity contribution is -0.885. The fraction of sp³-hybridized carbons (Fsp3) is 0.294. The second-order valence-corrected chi connectivity index (χ2v) is 6.36. The van der Waals surface area contributed by atoms with Crippen LogP contribution in [0.15, 0.2) is 36.5 Å². The van der Waals surface area contributed by atoms with Crippen LogP contribution >= 0.6 is 23.2 Å². The summed E-state index contributed by atoms with van der Waals surface area (Å²) in [5.74, 6) is 0.200. The number of nitrogens with one attached hydrogen (secondary N) is 2. The lowest BCUT2D eigenvalue weighted by Gasteiger charge is -2.14. The third kappa shape index (κ3) is 5.50. The van der Waals surface area contributed by atoms with Crippen LogP contribution in [0.4, 0.5) is 5.82 Å². The molecule has 1 heterocycles. The zero-order chi connectivity index (χ0) is 16.8. The van der Waals surface area contributed by atoms with Gasteiger partial charge in [0, 0.05) is 11.8 Å². The second kappa shape index (κ2) is 8.29. The highest BCUT2D eigenvalue weighted by Crippen LogP contribution is 2.22. The summed E-state index contributed by atoms with van der Waals surface area (Å²) in [6.45, 7) is 3.24. The zero-order valence-corrected chi connectivity index (χ0v) is 14.7. The minimum absolute atomic E-state index is 0.135. The summed E-state index contributed by atoms with van der Waals surface area (Å²) in [5.41, 5.74) is 2.52. The first kappa shape index (κ1) is 17.7. The largest absolute Gasteiger partial charge is 0.326 e. The average Bonchev–Trinajstić information content (AvgIpc) is 2.50. The van der Waals surface area contributed by atoms with Gasteiger partial charge in [-0.25, -0.2) is 4.98 Å². The number of benzene rings is 1. The van der Waals surface area contributed by atoms with Crippen molar-refractivity contribution >= 4 is 34.9 Å². The molecule has 4 nitrogen and oxygen atoms in total. The van der Waals surface area contributed by atoms with E-state index < -0.39 is 0 Å². The second-order valence-electron chi connectivity index (χ2n) is 5.51. The molecule has 23 heavy (non-hydrogen) atoms. The number of nitrogens with zero attached hydrogens (tertiary/aromatic N) is 1. The van der Waals surface area contributed by atoms with E-state index in [1.165, 1.54) is 17.3 Å². The fourth-order valence-corrected chi connectivity index (χ4v) is 2.69. The summed E-state index contributed by atoms with van der Waals surface area (Å²) in [7, 11) is 1.98. The minimum atomic E-state index is -0.135. The molecule has 2 aromatic rings. The molecule has 1 aromatic carbocycles. The highest BCUT2D eigenvalue weighted by atomic mass is 35.5. The van der Waals surface area contributed by atoms with Crippen molar-refractivity contribution in [2.24, 2.45) is 0 Å². The van der Waals surface area contributed by atoms with Crippen LogP contribution in [0.1, 0.15) is 18.1 Å². The summed E-state index contributed by atoms with van der Waals surface area (Å²) < 4.78 is 0. The first-order valence-electron chi connectivity index (χ1n) is 7.48. The Kier molecular flexibility index (Phi) is 6.39. The van der Waals surface area contributed by atoms with Crippen LogP contribution in [0.5, 0.6) is 0 Å². The lowest BCUT2D eigenvalue weighted by Crippen LogP contribution is -3.08. The van der Waals surface area contributed by atoms with Crippen molar-refractivity contribution in [3.63, 3.8) is 0 Å². The third-order valence-corrected chi connectivity index (χ3v) is 3.96. The Balaban J connectivity index is 1.88. The Morgan fingerprint density at radius 3 is 2.48 bits per heavy atom. The quantitative estimate of drug-likeness (QED) is 0.839. The SMILES string of the molecule is CCc1ccc(C[NH+](C)CC(=O)Nc2ncc(Cl)cc2Cl)cc1. The number of carbonyl (C=O) groups is 1. The van der Waals surface area contributed by atoms with Gasteiger partial charge >= 0.3 is 0 Å². The van der Waals surface area contributed by atoms with Crippen LogP contribution in [-0.2, 0) is 17.8 Å². The molecule has 0 aliphatic heterocycles. The summed E-state index contributed by atoms with van der Waals surface area (Å²) in [4.78, 5) is 17.2. The van der Waals surface area contributed by atoms with Gasteiger partial charge in [-0.1, -0.05) is 54.4 Å². The standard InChI is InChI=1S/C17H19Cl2N3O/c1-3-12-4-6-13(7-5-12)10-22(2)11-16(23)21-17-15(19)8-14(18)9-20-17/h4-9H,3,10-11H2,1-2H3,(H,20,21,23)/p+1. The molecule has 0 fully saturated rings. The Labute approximate surface area is 146 Å². The number of halogens is 2. The van der Waals surface area contributed by atoms with Crippen LogP contribution in [0.3, 0.4) is 0 Å². The Bertz CT molecular complexity index is 674. The molecule has 0 aliphatic rings. The molecule has 0 bridgehead atoms. The van der Waals surface area contributed by atoms with E-state index in [1.54, 1.807) is 6.07 Å². The van der Waals surface area contributed by atoms with Gasteiger partial charge < -0.3 is 10.2 Å². The van der Waals surface area contributed by atoms with Crippen LogP contribution in [0, 0.1) is 0 Å². The maximum absolute atomic E-state index is 12.1. The predicted octanol–water partition coefficient (Wildman–Crippen LogP) is 2.60. The third-order valence-electron chi connectivity index (χ3n) is 3.47. The van der Waals surface area contributed by atoms with E-state index >= 15 is 0 Å². The number of carbonyl (C=O) groups excluding carboxylic acids is 1. The Morgan fingerprint density at radius 1 is 1.22 bits per heavy atom. The number of hydrogen-bond acceptors (Lipinski definition) is 2. The van der Waals surface area contributed by atoms with Crippen LogP contribution in [-0.4, -0.2) is 24.5 Å². The molecule has 122 valence electrons. The number of amides is 1. The van der Waals surface area contributed by atoms with Crippen molar-refractivity contribution in [3.05, 3.63) is 57.7 Å². The number of hydrogen-bond donors (Lipinski definition) is 2. The van der Waals surface area contributed by atoms with E-state index in [1.807, 2.05) is 7.05 Å². The van der Waals surface area contributed by atoms with Gasteiger partial charge in [0.2, 0.25) is 0 Å². The van der Waals surface area contributed by atoms with E-state index in [-0.39, 0.29) is 5.91 Å². The molecule has 0 saturated heterocycles. The van der Waals surface area contributed by atoms with Gasteiger partial charge in [-0.15, -0.1) is 0 Å². The summed E-state index contributed by atoms with van der Waals surface area (Å²) >= 11 is 11.8. The van der Waals surface area contributed by atoms with Crippen LogP contribution in [0.25, 0.3) is 0 Å². The molecule has 6 heteroatoms. The maximum Gasteiger partial charge on any atom is 0.280 e. The number of aromatic nitrogens is 1. The molecule has 1 unspecified atom stereocenters. The number of quaternary nitrogens is 1. The Morgan fingerprint density at radius 2 is 1.87 bits per heavy atom. The molecular weight excluding hydrogens is 333 g/mol. The van der Waals surface area contributed by atoms with E-state index in [2.05, 4.69) is 41.5 Å². The van der Waals surface area contributed by atoms with E-state index in [9.17, 15) is 4.79 Å². The molecular formula is C17H20Cl2N3O+. The van der Waals surface area contributed by atoms with Crippen molar-refractivity contribution in [1.29, 1.82) is 0 Å². The number of pyridine rings is 1. The number of likely N-dealkylation sites (N-methyl/N-ethyl adjacent to an activating group) is 1. The first-order chi connectivity index (χ1) is 11.0. The van der Waals surface area contributed by atoms with Crippen molar-refractivity contribution in [3.8, 4) is 0 Å².